The van der Waals surface area contributed by atoms with Crippen molar-refractivity contribution in [3.63, 3.8) is 0 Å². The van der Waals surface area contributed by atoms with Crippen molar-refractivity contribution in [2.24, 2.45) is 11.8 Å². The second kappa shape index (κ2) is 7.64. The summed E-state index contributed by atoms with van der Waals surface area (Å²) in [6, 6.07) is 4.37. The van der Waals surface area contributed by atoms with E-state index in [1.54, 1.807) is 0 Å². The highest BCUT2D eigenvalue weighted by Gasteiger charge is 2.31. The van der Waals surface area contributed by atoms with E-state index in [4.69, 9.17) is 11.6 Å². The SMILES string of the molecule is CS(=O)(=O)c1ccc(Cl)c(NC(=O)CN2CC[C@H]3CCCC[C@H]3C2)c1. The van der Waals surface area contributed by atoms with Gasteiger partial charge in [-0.1, -0.05) is 30.9 Å². The second-order valence-electron chi connectivity index (χ2n) is 7.29. The number of hydrogen-bond acceptors (Lipinski definition) is 4. The minimum absolute atomic E-state index is 0.148. The molecule has 0 bridgehead atoms. The molecule has 138 valence electrons. The highest BCUT2D eigenvalue weighted by atomic mass is 35.5. The van der Waals surface area contributed by atoms with Crippen molar-refractivity contribution in [1.82, 2.24) is 4.90 Å². The number of nitrogens with zero attached hydrogens (tertiary/aromatic N) is 1. The quantitative estimate of drug-likeness (QED) is 0.865. The molecule has 1 aromatic carbocycles. The van der Waals surface area contributed by atoms with Gasteiger partial charge in [0.1, 0.15) is 0 Å². The molecule has 7 heteroatoms. The fourth-order valence-corrected chi connectivity index (χ4v) is 4.86. The van der Waals surface area contributed by atoms with Gasteiger partial charge in [0, 0.05) is 12.8 Å². The van der Waals surface area contributed by atoms with Crippen LogP contribution < -0.4 is 5.32 Å². The lowest BCUT2D eigenvalue weighted by Gasteiger charge is -2.41. The first kappa shape index (κ1) is 18.7. The predicted molar refractivity (Wildman–Crippen MR) is 99.7 cm³/mol. The Morgan fingerprint density at radius 1 is 1.24 bits per heavy atom. The molecule has 2 aliphatic rings. The van der Waals surface area contributed by atoms with Gasteiger partial charge in [-0.05, 0) is 49.4 Å². The normalized spacial score (nSPS) is 24.6. The smallest absolute Gasteiger partial charge is 0.238 e. The topological polar surface area (TPSA) is 66.5 Å². The number of likely N-dealkylation sites (tertiary alicyclic amines) is 1. The van der Waals surface area contributed by atoms with E-state index in [0.29, 0.717) is 23.2 Å². The molecule has 5 nitrogen and oxygen atoms in total. The molecule has 1 amide bonds. The van der Waals surface area contributed by atoms with E-state index in [1.807, 2.05) is 0 Å². The summed E-state index contributed by atoms with van der Waals surface area (Å²) in [7, 11) is -3.34. The molecule has 1 N–H and O–H groups in total. The Morgan fingerprint density at radius 3 is 2.68 bits per heavy atom. The zero-order chi connectivity index (χ0) is 18.0. The number of amides is 1. The summed E-state index contributed by atoms with van der Waals surface area (Å²) in [5.41, 5.74) is 0.349. The Balaban J connectivity index is 1.61. The Kier molecular flexibility index (Phi) is 5.71. The molecule has 25 heavy (non-hydrogen) atoms. The standard InChI is InChI=1S/C18H25ClN2O3S/c1-25(23,24)15-6-7-16(19)17(10-15)20-18(22)12-21-9-8-13-4-2-3-5-14(13)11-21/h6-7,10,13-14H,2-5,8-9,11-12H2,1H3,(H,20,22)/t13-,14+/m1/s1. The lowest BCUT2D eigenvalue weighted by molar-refractivity contribution is -0.118. The van der Waals surface area contributed by atoms with E-state index in [9.17, 15) is 13.2 Å². The Morgan fingerprint density at radius 2 is 1.96 bits per heavy atom. The number of nitrogens with one attached hydrogen (secondary N) is 1. The molecule has 0 spiro atoms. The first-order valence-electron chi connectivity index (χ1n) is 8.85. The van der Waals surface area contributed by atoms with E-state index in [1.165, 1.54) is 50.3 Å². The van der Waals surface area contributed by atoms with Crippen LogP contribution in [0, 0.1) is 11.8 Å². The first-order valence-corrected chi connectivity index (χ1v) is 11.1. The third-order valence-corrected chi connectivity index (χ3v) is 6.82. The molecular formula is C18H25ClN2O3S. The molecule has 1 aliphatic heterocycles. The number of benzene rings is 1. The Bertz CT molecular complexity index is 751. The zero-order valence-corrected chi connectivity index (χ0v) is 16.1. The maximum Gasteiger partial charge on any atom is 0.238 e. The van der Waals surface area contributed by atoms with Gasteiger partial charge in [-0.15, -0.1) is 0 Å². The van der Waals surface area contributed by atoms with Crippen LogP contribution >= 0.6 is 11.6 Å². The molecule has 0 radical (unpaired) electrons. The average Bonchev–Trinajstić information content (AvgIpc) is 2.55. The van der Waals surface area contributed by atoms with E-state index >= 15 is 0 Å². The van der Waals surface area contributed by atoms with E-state index in [0.717, 1.165) is 25.3 Å². The molecule has 2 atom stereocenters. The summed E-state index contributed by atoms with van der Waals surface area (Å²) >= 11 is 6.10. The summed E-state index contributed by atoms with van der Waals surface area (Å²) < 4.78 is 23.3. The van der Waals surface area contributed by atoms with Crippen molar-refractivity contribution < 1.29 is 13.2 Å². The van der Waals surface area contributed by atoms with E-state index in [2.05, 4.69) is 10.2 Å². The first-order chi connectivity index (χ1) is 11.8. The van der Waals surface area contributed by atoms with Gasteiger partial charge in [-0.25, -0.2) is 8.42 Å². The summed E-state index contributed by atoms with van der Waals surface area (Å²) in [6.07, 6.45) is 7.55. The van der Waals surface area contributed by atoms with Crippen molar-refractivity contribution in [2.75, 3.05) is 31.2 Å². The van der Waals surface area contributed by atoms with Gasteiger partial charge in [-0.2, -0.15) is 0 Å². The molecule has 0 aromatic heterocycles. The minimum atomic E-state index is -3.34. The van der Waals surface area contributed by atoms with Crippen molar-refractivity contribution in [3.8, 4) is 0 Å². The van der Waals surface area contributed by atoms with Gasteiger partial charge in [0.15, 0.2) is 9.84 Å². The van der Waals surface area contributed by atoms with Gasteiger partial charge in [0.05, 0.1) is 22.2 Å². The fourth-order valence-electron chi connectivity index (χ4n) is 4.04. The van der Waals surface area contributed by atoms with Crippen LogP contribution in [0.15, 0.2) is 23.1 Å². The molecule has 1 saturated carbocycles. The van der Waals surface area contributed by atoms with Crippen molar-refractivity contribution >= 4 is 33.0 Å². The highest BCUT2D eigenvalue weighted by molar-refractivity contribution is 7.90. The number of sulfone groups is 1. The largest absolute Gasteiger partial charge is 0.324 e. The third-order valence-electron chi connectivity index (χ3n) is 5.38. The average molecular weight is 385 g/mol. The maximum absolute atomic E-state index is 12.4. The van der Waals surface area contributed by atoms with Crippen molar-refractivity contribution in [2.45, 2.75) is 37.0 Å². The molecule has 3 rings (SSSR count). The van der Waals surface area contributed by atoms with Gasteiger partial charge in [0.2, 0.25) is 5.91 Å². The van der Waals surface area contributed by atoms with Gasteiger partial charge in [-0.3, -0.25) is 9.69 Å². The van der Waals surface area contributed by atoms with Crippen LogP contribution in [-0.4, -0.2) is 45.1 Å². The van der Waals surface area contributed by atoms with Crippen LogP contribution in [0.2, 0.25) is 5.02 Å². The number of fused-ring (bicyclic) bond motifs is 1. The molecular weight excluding hydrogens is 360 g/mol. The zero-order valence-electron chi connectivity index (χ0n) is 14.5. The monoisotopic (exact) mass is 384 g/mol. The number of halogens is 1. The van der Waals surface area contributed by atoms with Gasteiger partial charge in [0.25, 0.3) is 0 Å². The van der Waals surface area contributed by atoms with Crippen LogP contribution in [0.25, 0.3) is 0 Å². The number of piperidine rings is 1. The summed E-state index contributed by atoms with van der Waals surface area (Å²) in [4.78, 5) is 14.7. The van der Waals surface area contributed by atoms with Crippen molar-refractivity contribution in [1.29, 1.82) is 0 Å². The van der Waals surface area contributed by atoms with Gasteiger partial charge >= 0.3 is 0 Å². The van der Waals surface area contributed by atoms with E-state index < -0.39 is 9.84 Å². The van der Waals surface area contributed by atoms with Crippen LogP contribution in [0.4, 0.5) is 5.69 Å². The minimum Gasteiger partial charge on any atom is -0.324 e. The summed E-state index contributed by atoms with van der Waals surface area (Å²) in [5.74, 6) is 1.39. The van der Waals surface area contributed by atoms with Crippen LogP contribution in [0.3, 0.4) is 0 Å². The van der Waals surface area contributed by atoms with Crippen LogP contribution in [0.5, 0.6) is 0 Å². The molecule has 1 saturated heterocycles. The molecule has 2 fully saturated rings. The Hall–Kier alpha value is -1.11. The third kappa shape index (κ3) is 4.74. The molecule has 1 aliphatic carbocycles. The Labute approximate surface area is 154 Å². The highest BCUT2D eigenvalue weighted by Crippen LogP contribution is 2.36. The number of carbonyl (C=O) groups excluding carboxylic acids is 1. The van der Waals surface area contributed by atoms with Crippen LogP contribution in [0.1, 0.15) is 32.1 Å². The number of carbonyl (C=O) groups is 1. The number of rotatable bonds is 4. The lowest BCUT2D eigenvalue weighted by Crippen LogP contribution is -2.44. The summed E-state index contributed by atoms with van der Waals surface area (Å²) in [6.45, 7) is 2.25. The predicted octanol–water partition coefficient (Wildman–Crippen LogP) is 3.19. The number of hydrogen-bond donors (Lipinski definition) is 1. The molecule has 1 heterocycles. The van der Waals surface area contributed by atoms with Gasteiger partial charge < -0.3 is 5.32 Å². The maximum atomic E-state index is 12.4. The number of anilines is 1. The van der Waals surface area contributed by atoms with Crippen molar-refractivity contribution in [3.05, 3.63) is 23.2 Å². The second-order valence-corrected chi connectivity index (χ2v) is 9.71. The molecule has 1 aromatic rings. The van der Waals surface area contributed by atoms with Crippen LogP contribution in [-0.2, 0) is 14.6 Å². The molecule has 0 unspecified atom stereocenters. The summed E-state index contributed by atoms with van der Waals surface area (Å²) in [5, 5.41) is 3.10. The fraction of sp³-hybridized carbons (Fsp3) is 0.611. The van der Waals surface area contributed by atoms with E-state index in [-0.39, 0.29) is 10.8 Å². The lowest BCUT2D eigenvalue weighted by atomic mass is 9.75.